The molecule has 0 radical (unpaired) electrons. The first-order valence-corrected chi connectivity index (χ1v) is 8.23. The molecule has 2 rings (SSSR count). The third kappa shape index (κ3) is 3.91. The van der Waals surface area contributed by atoms with Crippen molar-refractivity contribution in [2.24, 2.45) is 0 Å². The van der Waals surface area contributed by atoms with Crippen LogP contribution in [0.3, 0.4) is 0 Å². The summed E-state index contributed by atoms with van der Waals surface area (Å²) in [5.41, 5.74) is 0. The average molecular weight is 319 g/mol. The summed E-state index contributed by atoms with van der Waals surface area (Å²) in [6.07, 6.45) is 3.13. The smallest absolute Gasteiger partial charge is 0.235 e. The molecule has 2 heterocycles. The second-order valence-electron chi connectivity index (χ2n) is 4.49. The molecule has 20 heavy (non-hydrogen) atoms. The highest BCUT2D eigenvalue weighted by Crippen LogP contribution is 2.18. The van der Waals surface area contributed by atoms with Gasteiger partial charge in [0.1, 0.15) is 5.75 Å². The number of pyridine rings is 1. The van der Waals surface area contributed by atoms with Gasteiger partial charge in [-0.3, -0.25) is 4.79 Å². The molecule has 0 saturated carbocycles. The fourth-order valence-electron chi connectivity index (χ4n) is 1.93. The molecule has 0 bridgehead atoms. The SMILES string of the molecule is O=C(CS(=O)(=O)c1ncccc1Cl)NCC1CCCO1. The highest BCUT2D eigenvalue weighted by atomic mass is 35.5. The van der Waals surface area contributed by atoms with Gasteiger partial charge >= 0.3 is 0 Å². The molecule has 1 aromatic rings. The van der Waals surface area contributed by atoms with E-state index in [4.69, 9.17) is 16.3 Å². The molecule has 1 saturated heterocycles. The number of carbonyl (C=O) groups is 1. The first-order chi connectivity index (χ1) is 9.49. The predicted octanol–water partition coefficient (Wildman–Crippen LogP) is 0.804. The van der Waals surface area contributed by atoms with Gasteiger partial charge in [-0.25, -0.2) is 13.4 Å². The van der Waals surface area contributed by atoms with Crippen molar-refractivity contribution in [3.63, 3.8) is 0 Å². The lowest BCUT2D eigenvalue weighted by Crippen LogP contribution is -2.36. The van der Waals surface area contributed by atoms with Crippen molar-refractivity contribution in [1.82, 2.24) is 10.3 Å². The van der Waals surface area contributed by atoms with Gasteiger partial charge in [0.15, 0.2) is 5.03 Å². The summed E-state index contributed by atoms with van der Waals surface area (Å²) >= 11 is 5.78. The van der Waals surface area contributed by atoms with E-state index in [0.29, 0.717) is 13.2 Å². The molecule has 1 aromatic heterocycles. The zero-order valence-electron chi connectivity index (χ0n) is 10.7. The molecule has 8 heteroatoms. The van der Waals surface area contributed by atoms with Gasteiger partial charge in [0.05, 0.1) is 11.1 Å². The number of nitrogens with one attached hydrogen (secondary N) is 1. The number of halogens is 1. The number of nitrogens with zero attached hydrogens (tertiary/aromatic N) is 1. The summed E-state index contributed by atoms with van der Waals surface area (Å²) in [6.45, 7) is 1.01. The largest absolute Gasteiger partial charge is 0.376 e. The van der Waals surface area contributed by atoms with Crippen molar-refractivity contribution in [3.05, 3.63) is 23.4 Å². The molecule has 1 aliphatic rings. The van der Waals surface area contributed by atoms with Crippen LogP contribution in [-0.2, 0) is 19.4 Å². The van der Waals surface area contributed by atoms with Gasteiger partial charge in [-0.15, -0.1) is 0 Å². The Bertz CT molecular complexity index is 585. The van der Waals surface area contributed by atoms with E-state index in [1.54, 1.807) is 0 Å². The highest BCUT2D eigenvalue weighted by Gasteiger charge is 2.24. The van der Waals surface area contributed by atoms with Crippen LogP contribution in [-0.4, -0.2) is 44.3 Å². The molecule has 1 fully saturated rings. The second-order valence-corrected chi connectivity index (χ2v) is 6.80. The summed E-state index contributed by atoms with van der Waals surface area (Å²) in [7, 11) is -3.83. The van der Waals surface area contributed by atoms with Crippen LogP contribution in [0.15, 0.2) is 23.4 Å². The van der Waals surface area contributed by atoms with E-state index < -0.39 is 21.5 Å². The molecule has 1 unspecified atom stereocenters. The second kappa shape index (κ2) is 6.51. The topological polar surface area (TPSA) is 85.4 Å². The normalized spacial score (nSPS) is 18.9. The Hall–Kier alpha value is -1.18. The maximum absolute atomic E-state index is 12.0. The Balaban J connectivity index is 1.94. The van der Waals surface area contributed by atoms with Gasteiger partial charge in [0, 0.05) is 19.3 Å². The molecule has 1 aliphatic heterocycles. The standard InChI is InChI=1S/C12H15ClN2O4S/c13-10-4-1-5-14-12(10)20(17,18)8-11(16)15-7-9-3-2-6-19-9/h1,4-5,9H,2-3,6-8H2,(H,15,16). The van der Waals surface area contributed by atoms with Gasteiger partial charge in [0.2, 0.25) is 15.7 Å². The van der Waals surface area contributed by atoms with E-state index in [9.17, 15) is 13.2 Å². The van der Waals surface area contributed by atoms with Crippen molar-refractivity contribution in [2.45, 2.75) is 24.0 Å². The summed E-state index contributed by atoms with van der Waals surface area (Å²) in [4.78, 5) is 15.4. The molecule has 0 spiro atoms. The Morgan fingerprint density at radius 2 is 2.35 bits per heavy atom. The van der Waals surface area contributed by atoms with Crippen molar-refractivity contribution in [1.29, 1.82) is 0 Å². The molecule has 1 amide bonds. The van der Waals surface area contributed by atoms with Crippen molar-refractivity contribution in [2.75, 3.05) is 18.9 Å². The third-order valence-electron chi connectivity index (χ3n) is 2.89. The van der Waals surface area contributed by atoms with E-state index in [0.717, 1.165) is 12.8 Å². The van der Waals surface area contributed by atoms with Crippen LogP contribution in [0.1, 0.15) is 12.8 Å². The summed E-state index contributed by atoms with van der Waals surface area (Å²) in [5, 5.41) is 2.30. The lowest BCUT2D eigenvalue weighted by Gasteiger charge is -2.11. The van der Waals surface area contributed by atoms with Crippen molar-refractivity contribution >= 4 is 27.3 Å². The molecule has 6 nitrogen and oxygen atoms in total. The molecule has 1 N–H and O–H groups in total. The lowest BCUT2D eigenvalue weighted by atomic mass is 10.2. The maximum atomic E-state index is 12.0. The monoisotopic (exact) mass is 318 g/mol. The lowest BCUT2D eigenvalue weighted by molar-refractivity contribution is -0.119. The number of rotatable bonds is 5. The Morgan fingerprint density at radius 3 is 3.00 bits per heavy atom. The number of carbonyl (C=O) groups excluding carboxylic acids is 1. The van der Waals surface area contributed by atoms with Crippen molar-refractivity contribution < 1.29 is 17.9 Å². The number of hydrogen-bond acceptors (Lipinski definition) is 5. The minimum Gasteiger partial charge on any atom is -0.376 e. The fraction of sp³-hybridized carbons (Fsp3) is 0.500. The van der Waals surface area contributed by atoms with Crippen LogP contribution >= 0.6 is 11.6 Å². The molecule has 1 atom stereocenters. The van der Waals surface area contributed by atoms with Crippen LogP contribution < -0.4 is 5.32 Å². The van der Waals surface area contributed by atoms with Crippen LogP contribution in [0.25, 0.3) is 0 Å². The minimum atomic E-state index is -3.83. The van der Waals surface area contributed by atoms with Gasteiger partial charge in [-0.1, -0.05) is 11.6 Å². The average Bonchev–Trinajstić information content (AvgIpc) is 2.89. The van der Waals surface area contributed by atoms with Crippen LogP contribution in [0.2, 0.25) is 5.02 Å². The van der Waals surface area contributed by atoms with E-state index >= 15 is 0 Å². The van der Waals surface area contributed by atoms with E-state index in [2.05, 4.69) is 10.3 Å². The zero-order chi connectivity index (χ0) is 14.6. The Kier molecular flexibility index (Phi) is 4.95. The van der Waals surface area contributed by atoms with Crippen LogP contribution in [0.4, 0.5) is 0 Å². The number of hydrogen-bond donors (Lipinski definition) is 1. The predicted molar refractivity (Wildman–Crippen MR) is 73.3 cm³/mol. The molecular weight excluding hydrogens is 304 g/mol. The van der Waals surface area contributed by atoms with E-state index in [-0.39, 0.29) is 16.2 Å². The number of sulfone groups is 1. The Morgan fingerprint density at radius 1 is 1.55 bits per heavy atom. The van der Waals surface area contributed by atoms with E-state index in [1.165, 1.54) is 18.3 Å². The summed E-state index contributed by atoms with van der Waals surface area (Å²) in [5.74, 6) is -1.25. The molecule has 0 aromatic carbocycles. The minimum absolute atomic E-state index is 0.0134. The van der Waals surface area contributed by atoms with Crippen LogP contribution in [0.5, 0.6) is 0 Å². The maximum Gasteiger partial charge on any atom is 0.235 e. The van der Waals surface area contributed by atoms with Gasteiger partial charge in [-0.05, 0) is 25.0 Å². The van der Waals surface area contributed by atoms with Crippen LogP contribution in [0, 0.1) is 0 Å². The number of aromatic nitrogens is 1. The number of amides is 1. The first-order valence-electron chi connectivity index (χ1n) is 6.20. The molecule has 110 valence electrons. The van der Waals surface area contributed by atoms with Crippen molar-refractivity contribution in [3.8, 4) is 0 Å². The third-order valence-corrected chi connectivity index (χ3v) is 4.87. The molecular formula is C12H15ClN2O4S. The molecule has 0 aliphatic carbocycles. The Labute approximate surface area is 122 Å². The van der Waals surface area contributed by atoms with Gasteiger partial charge in [-0.2, -0.15) is 0 Å². The van der Waals surface area contributed by atoms with E-state index in [1.807, 2.05) is 0 Å². The quantitative estimate of drug-likeness (QED) is 0.868. The van der Waals surface area contributed by atoms with Gasteiger partial charge in [0.25, 0.3) is 0 Å². The summed E-state index contributed by atoms with van der Waals surface area (Å²) in [6, 6.07) is 2.95. The number of ether oxygens (including phenoxy) is 1. The fourth-order valence-corrected chi connectivity index (χ4v) is 3.57. The highest BCUT2D eigenvalue weighted by molar-refractivity contribution is 7.92. The van der Waals surface area contributed by atoms with Gasteiger partial charge < -0.3 is 10.1 Å². The zero-order valence-corrected chi connectivity index (χ0v) is 12.3. The first kappa shape index (κ1) is 15.2. The summed E-state index contributed by atoms with van der Waals surface area (Å²) < 4.78 is 29.4.